The van der Waals surface area contributed by atoms with Crippen molar-refractivity contribution in [1.82, 2.24) is 15.1 Å². The lowest BCUT2D eigenvalue weighted by molar-refractivity contribution is -0.130. The van der Waals surface area contributed by atoms with Gasteiger partial charge in [-0.2, -0.15) is 10.1 Å². The van der Waals surface area contributed by atoms with E-state index < -0.39 is 0 Å². The summed E-state index contributed by atoms with van der Waals surface area (Å²) < 4.78 is 5.21. The molecule has 0 unspecified atom stereocenters. The molecule has 0 saturated carbocycles. The molecule has 19 heavy (non-hydrogen) atoms. The zero-order chi connectivity index (χ0) is 13.2. The third-order valence-electron chi connectivity index (χ3n) is 2.91. The second kappa shape index (κ2) is 4.64. The van der Waals surface area contributed by atoms with Gasteiger partial charge in [0, 0.05) is 25.5 Å². The average molecular weight is 256 g/mol. The topological polar surface area (TPSA) is 71.6 Å². The SMILES string of the molecule is CN1N=C(c2nc(-c3ccccc3)no2)CCC1=O. The first-order valence-electron chi connectivity index (χ1n) is 5.97. The molecule has 6 nitrogen and oxygen atoms in total. The van der Waals surface area contributed by atoms with E-state index >= 15 is 0 Å². The second-order valence-corrected chi connectivity index (χ2v) is 4.25. The summed E-state index contributed by atoms with van der Waals surface area (Å²) in [5, 5.41) is 9.39. The summed E-state index contributed by atoms with van der Waals surface area (Å²) in [7, 11) is 1.62. The number of nitrogens with zero attached hydrogens (tertiary/aromatic N) is 4. The predicted octanol–water partition coefficient (Wildman–Crippen LogP) is 1.69. The maximum Gasteiger partial charge on any atom is 0.274 e. The van der Waals surface area contributed by atoms with E-state index in [1.807, 2.05) is 30.3 Å². The smallest absolute Gasteiger partial charge is 0.274 e. The van der Waals surface area contributed by atoms with Gasteiger partial charge in [0.25, 0.3) is 5.89 Å². The molecule has 1 aliphatic rings. The van der Waals surface area contributed by atoms with Gasteiger partial charge in [-0.1, -0.05) is 35.5 Å². The highest BCUT2D eigenvalue weighted by molar-refractivity contribution is 6.01. The minimum Gasteiger partial charge on any atom is -0.332 e. The number of hydrazone groups is 1. The molecule has 2 heterocycles. The fourth-order valence-electron chi connectivity index (χ4n) is 1.87. The number of rotatable bonds is 2. The summed E-state index contributed by atoms with van der Waals surface area (Å²) in [5.74, 6) is 0.891. The monoisotopic (exact) mass is 256 g/mol. The van der Waals surface area contributed by atoms with E-state index in [-0.39, 0.29) is 5.91 Å². The van der Waals surface area contributed by atoms with Crippen molar-refractivity contribution < 1.29 is 9.32 Å². The number of hydrogen-bond donors (Lipinski definition) is 0. The number of benzene rings is 1. The van der Waals surface area contributed by atoms with E-state index in [9.17, 15) is 4.79 Å². The molecule has 96 valence electrons. The molecule has 0 spiro atoms. The number of carbonyl (C=O) groups is 1. The van der Waals surface area contributed by atoms with Crippen LogP contribution in [0.1, 0.15) is 18.7 Å². The van der Waals surface area contributed by atoms with Crippen LogP contribution in [0.15, 0.2) is 40.0 Å². The average Bonchev–Trinajstić information content (AvgIpc) is 2.93. The molecule has 1 aromatic heterocycles. The first-order chi connectivity index (χ1) is 9.24. The van der Waals surface area contributed by atoms with Gasteiger partial charge >= 0.3 is 0 Å². The Labute approximate surface area is 109 Å². The second-order valence-electron chi connectivity index (χ2n) is 4.25. The highest BCUT2D eigenvalue weighted by Crippen LogP contribution is 2.18. The predicted molar refractivity (Wildman–Crippen MR) is 68.3 cm³/mol. The summed E-state index contributed by atoms with van der Waals surface area (Å²) >= 11 is 0. The maximum atomic E-state index is 11.3. The van der Waals surface area contributed by atoms with E-state index in [0.29, 0.717) is 30.3 Å². The van der Waals surface area contributed by atoms with Crippen LogP contribution in [0.5, 0.6) is 0 Å². The third-order valence-corrected chi connectivity index (χ3v) is 2.91. The molecule has 0 aliphatic carbocycles. The van der Waals surface area contributed by atoms with Gasteiger partial charge in [0.2, 0.25) is 11.7 Å². The highest BCUT2D eigenvalue weighted by atomic mass is 16.5. The van der Waals surface area contributed by atoms with Crippen LogP contribution < -0.4 is 0 Å². The van der Waals surface area contributed by atoms with Crippen LogP contribution in [0.2, 0.25) is 0 Å². The van der Waals surface area contributed by atoms with E-state index in [1.165, 1.54) is 5.01 Å². The van der Waals surface area contributed by atoms with E-state index in [4.69, 9.17) is 4.52 Å². The van der Waals surface area contributed by atoms with Gasteiger partial charge in [-0.3, -0.25) is 4.79 Å². The van der Waals surface area contributed by atoms with Gasteiger partial charge in [-0.15, -0.1) is 0 Å². The van der Waals surface area contributed by atoms with Crippen LogP contribution in [0.4, 0.5) is 0 Å². The van der Waals surface area contributed by atoms with Gasteiger partial charge in [0.1, 0.15) is 5.71 Å². The minimum absolute atomic E-state index is 0.00783. The number of aromatic nitrogens is 2. The van der Waals surface area contributed by atoms with Crippen LogP contribution in [-0.2, 0) is 4.79 Å². The summed E-state index contributed by atoms with van der Waals surface area (Å²) in [5.41, 5.74) is 1.54. The largest absolute Gasteiger partial charge is 0.332 e. The van der Waals surface area contributed by atoms with E-state index in [2.05, 4.69) is 15.2 Å². The van der Waals surface area contributed by atoms with Crippen molar-refractivity contribution in [2.24, 2.45) is 5.10 Å². The van der Waals surface area contributed by atoms with Crippen molar-refractivity contribution in [2.75, 3.05) is 7.05 Å². The molecule has 0 atom stereocenters. The van der Waals surface area contributed by atoms with Crippen molar-refractivity contribution in [2.45, 2.75) is 12.8 Å². The Balaban J connectivity index is 1.90. The molecule has 6 heteroatoms. The Morgan fingerprint density at radius 1 is 1.21 bits per heavy atom. The van der Waals surface area contributed by atoms with Crippen LogP contribution >= 0.6 is 0 Å². The normalized spacial score (nSPS) is 15.5. The quantitative estimate of drug-likeness (QED) is 0.819. The zero-order valence-corrected chi connectivity index (χ0v) is 10.4. The molecule has 0 bridgehead atoms. The molecule has 0 saturated heterocycles. The Bertz CT molecular complexity index is 633. The standard InChI is InChI=1S/C13H12N4O2/c1-17-11(18)8-7-10(15-17)13-14-12(16-19-13)9-5-3-2-4-6-9/h2-6H,7-8H2,1H3. The Hall–Kier alpha value is -2.50. The fraction of sp³-hybridized carbons (Fsp3) is 0.231. The van der Waals surface area contributed by atoms with Crippen molar-refractivity contribution in [3.63, 3.8) is 0 Å². The van der Waals surface area contributed by atoms with Crippen molar-refractivity contribution in [3.05, 3.63) is 36.2 Å². The molecule has 0 radical (unpaired) electrons. The van der Waals surface area contributed by atoms with Gasteiger partial charge in [-0.05, 0) is 0 Å². The van der Waals surface area contributed by atoms with E-state index in [1.54, 1.807) is 7.05 Å². The molecular formula is C13H12N4O2. The molecule has 0 fully saturated rings. The van der Waals surface area contributed by atoms with Gasteiger partial charge in [0.15, 0.2) is 0 Å². The number of carbonyl (C=O) groups excluding carboxylic acids is 1. The zero-order valence-electron chi connectivity index (χ0n) is 10.4. The third kappa shape index (κ3) is 2.24. The Morgan fingerprint density at radius 2 is 2.00 bits per heavy atom. The molecule has 2 aromatic rings. The highest BCUT2D eigenvalue weighted by Gasteiger charge is 2.22. The number of hydrogen-bond acceptors (Lipinski definition) is 5. The van der Waals surface area contributed by atoms with Gasteiger partial charge in [0.05, 0.1) is 0 Å². The summed E-state index contributed by atoms with van der Waals surface area (Å²) in [6.45, 7) is 0. The first kappa shape index (κ1) is 11.6. The molecule has 1 aromatic carbocycles. The summed E-state index contributed by atoms with van der Waals surface area (Å²) in [6.07, 6.45) is 0.942. The lowest BCUT2D eigenvalue weighted by Crippen LogP contribution is -2.28. The van der Waals surface area contributed by atoms with Gasteiger partial charge in [-0.25, -0.2) is 5.01 Å². The van der Waals surface area contributed by atoms with Crippen LogP contribution in [0, 0.1) is 0 Å². The van der Waals surface area contributed by atoms with Crippen LogP contribution in [0.3, 0.4) is 0 Å². The minimum atomic E-state index is -0.00783. The van der Waals surface area contributed by atoms with E-state index in [0.717, 1.165) is 5.56 Å². The Kier molecular flexibility index (Phi) is 2.83. The van der Waals surface area contributed by atoms with Crippen molar-refractivity contribution in [3.8, 4) is 11.4 Å². The molecule has 1 aliphatic heterocycles. The van der Waals surface area contributed by atoms with Crippen molar-refractivity contribution in [1.29, 1.82) is 0 Å². The molecule has 0 N–H and O–H groups in total. The van der Waals surface area contributed by atoms with Crippen LogP contribution in [-0.4, -0.2) is 33.8 Å². The lowest BCUT2D eigenvalue weighted by Gasteiger charge is -2.17. The molecular weight excluding hydrogens is 244 g/mol. The molecule has 3 rings (SSSR count). The maximum absolute atomic E-state index is 11.3. The van der Waals surface area contributed by atoms with Crippen LogP contribution in [0.25, 0.3) is 11.4 Å². The van der Waals surface area contributed by atoms with Crippen molar-refractivity contribution >= 4 is 11.6 Å². The fourth-order valence-corrected chi connectivity index (χ4v) is 1.87. The van der Waals surface area contributed by atoms with Gasteiger partial charge < -0.3 is 4.52 Å². The number of amides is 1. The lowest BCUT2D eigenvalue weighted by atomic mass is 10.1. The molecule has 1 amide bonds. The summed E-state index contributed by atoms with van der Waals surface area (Å²) in [4.78, 5) is 15.7. The Morgan fingerprint density at radius 3 is 2.74 bits per heavy atom. The first-order valence-corrected chi connectivity index (χ1v) is 5.97. The summed E-state index contributed by atoms with van der Waals surface area (Å²) in [6, 6.07) is 9.57.